The molecule has 92 valence electrons. The second-order valence-electron chi connectivity index (χ2n) is 5.03. The number of carbonyl (C=O) groups excluding carboxylic acids is 1. The van der Waals surface area contributed by atoms with Crippen LogP contribution >= 0.6 is 11.8 Å². The summed E-state index contributed by atoms with van der Waals surface area (Å²) in [5.74, 6) is 1.58. The lowest BCUT2D eigenvalue weighted by Gasteiger charge is -2.20. The molecule has 17 heavy (non-hydrogen) atoms. The maximum Gasteiger partial charge on any atom is 0.148 e. The SMILES string of the molecule is Cc1ccccc1CCC(=O)C1(C)CCCS1. The van der Waals surface area contributed by atoms with Crippen LogP contribution in [0.3, 0.4) is 0 Å². The predicted molar refractivity (Wildman–Crippen MR) is 74.6 cm³/mol. The van der Waals surface area contributed by atoms with E-state index in [0.717, 1.165) is 18.6 Å². The highest BCUT2D eigenvalue weighted by Gasteiger charge is 2.36. The van der Waals surface area contributed by atoms with Crippen molar-refractivity contribution in [3.8, 4) is 0 Å². The summed E-state index contributed by atoms with van der Waals surface area (Å²) < 4.78 is -0.0946. The summed E-state index contributed by atoms with van der Waals surface area (Å²) in [5, 5.41) is 0. The van der Waals surface area contributed by atoms with Gasteiger partial charge in [-0.2, -0.15) is 0 Å². The Morgan fingerprint density at radius 3 is 2.82 bits per heavy atom. The molecule has 1 aliphatic heterocycles. The van der Waals surface area contributed by atoms with E-state index in [9.17, 15) is 4.79 Å². The molecule has 1 unspecified atom stereocenters. The smallest absolute Gasteiger partial charge is 0.148 e. The highest BCUT2D eigenvalue weighted by molar-refractivity contribution is 8.01. The summed E-state index contributed by atoms with van der Waals surface area (Å²) in [6.07, 6.45) is 3.83. The number of rotatable bonds is 4. The molecule has 0 N–H and O–H groups in total. The minimum Gasteiger partial charge on any atom is -0.298 e. The molecule has 1 fully saturated rings. The first-order valence-electron chi connectivity index (χ1n) is 6.33. The number of aryl methyl sites for hydroxylation is 2. The van der Waals surface area contributed by atoms with Crippen LogP contribution in [0.2, 0.25) is 0 Å². The Labute approximate surface area is 108 Å². The summed E-state index contributed by atoms with van der Waals surface area (Å²) >= 11 is 1.84. The van der Waals surface area contributed by atoms with E-state index in [4.69, 9.17) is 0 Å². The van der Waals surface area contributed by atoms with Gasteiger partial charge in [-0.25, -0.2) is 0 Å². The van der Waals surface area contributed by atoms with E-state index in [0.29, 0.717) is 12.2 Å². The lowest BCUT2D eigenvalue weighted by atomic mass is 9.94. The molecule has 1 atom stereocenters. The Hall–Kier alpha value is -0.760. The van der Waals surface area contributed by atoms with Crippen LogP contribution in [0.1, 0.15) is 37.3 Å². The molecular formula is C15H20OS. The molecule has 1 aromatic carbocycles. The van der Waals surface area contributed by atoms with E-state index in [1.165, 1.54) is 17.5 Å². The van der Waals surface area contributed by atoms with E-state index in [2.05, 4.69) is 38.1 Å². The molecule has 0 aromatic heterocycles. The Balaban J connectivity index is 1.94. The molecule has 0 bridgehead atoms. The average Bonchev–Trinajstić information content (AvgIpc) is 2.76. The van der Waals surface area contributed by atoms with Crippen LogP contribution in [-0.4, -0.2) is 16.3 Å². The fourth-order valence-electron chi connectivity index (χ4n) is 2.40. The number of hydrogen-bond donors (Lipinski definition) is 0. The molecule has 0 radical (unpaired) electrons. The number of Topliss-reactive ketones (excluding diaryl/α,β-unsaturated/α-hetero) is 1. The van der Waals surface area contributed by atoms with Crippen LogP contribution in [0.15, 0.2) is 24.3 Å². The van der Waals surface area contributed by atoms with E-state index < -0.39 is 0 Å². The van der Waals surface area contributed by atoms with Gasteiger partial charge < -0.3 is 0 Å². The normalized spacial score (nSPS) is 23.9. The summed E-state index contributed by atoms with van der Waals surface area (Å²) in [6, 6.07) is 8.35. The minimum atomic E-state index is -0.0946. The first-order valence-corrected chi connectivity index (χ1v) is 7.32. The largest absolute Gasteiger partial charge is 0.298 e. The summed E-state index contributed by atoms with van der Waals surface area (Å²) in [4.78, 5) is 12.2. The van der Waals surface area contributed by atoms with E-state index in [-0.39, 0.29) is 4.75 Å². The molecular weight excluding hydrogens is 228 g/mol. The van der Waals surface area contributed by atoms with Crippen molar-refractivity contribution in [1.82, 2.24) is 0 Å². The van der Waals surface area contributed by atoms with Gasteiger partial charge in [0.2, 0.25) is 0 Å². The van der Waals surface area contributed by atoms with Crippen molar-refractivity contribution in [3.63, 3.8) is 0 Å². The van der Waals surface area contributed by atoms with Gasteiger partial charge in [0.1, 0.15) is 5.78 Å². The lowest BCUT2D eigenvalue weighted by molar-refractivity contribution is -0.121. The van der Waals surface area contributed by atoms with E-state index in [1.807, 2.05) is 11.8 Å². The fraction of sp³-hybridized carbons (Fsp3) is 0.533. The molecule has 0 spiro atoms. The Morgan fingerprint density at radius 2 is 2.18 bits per heavy atom. The third-order valence-electron chi connectivity index (χ3n) is 3.69. The van der Waals surface area contributed by atoms with E-state index >= 15 is 0 Å². The monoisotopic (exact) mass is 248 g/mol. The first kappa shape index (κ1) is 12.7. The summed E-state index contributed by atoms with van der Waals surface area (Å²) in [6.45, 7) is 4.23. The molecule has 1 heterocycles. The number of ketones is 1. The van der Waals surface area contributed by atoms with Gasteiger partial charge in [0.25, 0.3) is 0 Å². The topological polar surface area (TPSA) is 17.1 Å². The third kappa shape index (κ3) is 2.92. The average molecular weight is 248 g/mol. The standard InChI is InChI=1S/C15H20OS/c1-12-6-3-4-7-13(12)8-9-14(16)15(2)10-5-11-17-15/h3-4,6-7H,5,8-11H2,1-2H3. The molecule has 0 amide bonds. The number of benzene rings is 1. The van der Waals surface area contributed by atoms with Crippen molar-refractivity contribution in [3.05, 3.63) is 35.4 Å². The molecule has 0 aliphatic carbocycles. The first-order chi connectivity index (χ1) is 8.12. The van der Waals surface area contributed by atoms with Gasteiger partial charge in [0.15, 0.2) is 0 Å². The van der Waals surface area contributed by atoms with Crippen LogP contribution in [0, 0.1) is 6.92 Å². The highest BCUT2D eigenvalue weighted by Crippen LogP contribution is 2.39. The zero-order chi connectivity index (χ0) is 12.3. The zero-order valence-corrected chi connectivity index (χ0v) is 11.5. The van der Waals surface area contributed by atoms with Gasteiger partial charge >= 0.3 is 0 Å². The van der Waals surface area contributed by atoms with Crippen molar-refractivity contribution < 1.29 is 4.79 Å². The van der Waals surface area contributed by atoms with Gasteiger partial charge in [-0.3, -0.25) is 4.79 Å². The van der Waals surface area contributed by atoms with Crippen molar-refractivity contribution in [1.29, 1.82) is 0 Å². The van der Waals surface area contributed by atoms with Crippen LogP contribution < -0.4 is 0 Å². The van der Waals surface area contributed by atoms with Crippen LogP contribution in [0.5, 0.6) is 0 Å². The molecule has 1 aliphatic rings. The van der Waals surface area contributed by atoms with Gasteiger partial charge in [-0.15, -0.1) is 11.8 Å². The second kappa shape index (κ2) is 5.26. The quantitative estimate of drug-likeness (QED) is 0.806. The lowest BCUT2D eigenvalue weighted by Crippen LogP contribution is -2.28. The van der Waals surface area contributed by atoms with Crippen LogP contribution in [0.25, 0.3) is 0 Å². The molecule has 1 nitrogen and oxygen atoms in total. The predicted octanol–water partition coefficient (Wildman–Crippen LogP) is 3.78. The van der Waals surface area contributed by atoms with E-state index in [1.54, 1.807) is 0 Å². The molecule has 1 aromatic rings. The van der Waals surface area contributed by atoms with Crippen molar-refractivity contribution in [2.45, 2.75) is 44.3 Å². The fourth-order valence-corrected chi connectivity index (χ4v) is 3.69. The summed E-state index contributed by atoms with van der Waals surface area (Å²) in [7, 11) is 0. The number of hydrogen-bond acceptors (Lipinski definition) is 2. The molecule has 2 rings (SSSR count). The van der Waals surface area contributed by atoms with Gasteiger partial charge in [0, 0.05) is 6.42 Å². The summed E-state index contributed by atoms with van der Waals surface area (Å²) in [5.41, 5.74) is 2.61. The van der Waals surface area contributed by atoms with Crippen LogP contribution in [-0.2, 0) is 11.2 Å². The maximum atomic E-state index is 12.2. The van der Waals surface area contributed by atoms with Gasteiger partial charge in [-0.1, -0.05) is 24.3 Å². The second-order valence-corrected chi connectivity index (χ2v) is 6.63. The molecule has 1 saturated heterocycles. The zero-order valence-electron chi connectivity index (χ0n) is 10.7. The Bertz CT molecular complexity index is 405. The minimum absolute atomic E-state index is 0.0946. The maximum absolute atomic E-state index is 12.2. The van der Waals surface area contributed by atoms with Crippen molar-refractivity contribution in [2.24, 2.45) is 0 Å². The number of carbonyl (C=O) groups is 1. The number of thioether (sulfide) groups is 1. The highest BCUT2D eigenvalue weighted by atomic mass is 32.2. The van der Waals surface area contributed by atoms with Gasteiger partial charge in [-0.05, 0) is 50.0 Å². The van der Waals surface area contributed by atoms with Crippen molar-refractivity contribution >= 4 is 17.5 Å². The Kier molecular flexibility index (Phi) is 3.93. The Morgan fingerprint density at radius 1 is 1.41 bits per heavy atom. The van der Waals surface area contributed by atoms with Crippen molar-refractivity contribution in [2.75, 3.05) is 5.75 Å². The molecule has 0 saturated carbocycles. The molecule has 2 heteroatoms. The van der Waals surface area contributed by atoms with Gasteiger partial charge in [0.05, 0.1) is 4.75 Å². The third-order valence-corrected chi connectivity index (χ3v) is 5.25. The van der Waals surface area contributed by atoms with Crippen LogP contribution in [0.4, 0.5) is 0 Å².